The van der Waals surface area contributed by atoms with Gasteiger partial charge in [-0.25, -0.2) is 4.98 Å². The Morgan fingerprint density at radius 2 is 2.11 bits per heavy atom. The maximum atomic E-state index is 9.64. The molecule has 0 spiro atoms. The van der Waals surface area contributed by atoms with E-state index in [0.29, 0.717) is 5.02 Å². The highest BCUT2D eigenvalue weighted by atomic mass is 35.5. The summed E-state index contributed by atoms with van der Waals surface area (Å²) in [4.78, 5) is 6.63. The van der Waals surface area contributed by atoms with Crippen molar-refractivity contribution >= 4 is 17.4 Å². The van der Waals surface area contributed by atoms with Gasteiger partial charge in [0.15, 0.2) is 0 Å². The molecule has 18 heavy (non-hydrogen) atoms. The summed E-state index contributed by atoms with van der Waals surface area (Å²) >= 11 is 5.81. The molecule has 2 aromatic rings. The Balaban J connectivity index is 2.05. The number of hydrogen-bond acceptors (Lipinski definition) is 3. The Labute approximate surface area is 111 Å². The number of anilines is 1. The fraction of sp³-hybridized carbons (Fsp3) is 0.214. The van der Waals surface area contributed by atoms with Crippen LogP contribution >= 0.6 is 11.6 Å². The first-order chi connectivity index (χ1) is 8.65. The minimum absolute atomic E-state index is 0.104. The van der Waals surface area contributed by atoms with Crippen LogP contribution in [-0.2, 0) is 6.42 Å². The summed E-state index contributed by atoms with van der Waals surface area (Å²) in [5, 5.41) is 10.0. The summed E-state index contributed by atoms with van der Waals surface area (Å²) in [5.41, 5.74) is 3.20. The van der Waals surface area contributed by atoms with Crippen LogP contribution in [0.25, 0.3) is 11.1 Å². The number of halogens is 1. The number of nitrogens with zero attached hydrogens (tertiary/aromatic N) is 2. The second kappa shape index (κ2) is 4.18. The van der Waals surface area contributed by atoms with Crippen LogP contribution in [0.3, 0.4) is 0 Å². The molecule has 2 heterocycles. The topological polar surface area (TPSA) is 36.4 Å². The van der Waals surface area contributed by atoms with Gasteiger partial charge >= 0.3 is 0 Å². The summed E-state index contributed by atoms with van der Waals surface area (Å²) < 4.78 is 0. The normalized spacial score (nSPS) is 13.8. The summed E-state index contributed by atoms with van der Waals surface area (Å²) in [6.07, 6.45) is 2.86. The van der Waals surface area contributed by atoms with Crippen LogP contribution < -0.4 is 4.90 Å². The van der Waals surface area contributed by atoms with Gasteiger partial charge in [-0.3, -0.25) is 0 Å². The SMILES string of the molecule is CN1CCc2cc(-c3ccc(Cl)c(O)c3)cnc21. The van der Waals surface area contributed by atoms with Crippen molar-refractivity contribution in [2.45, 2.75) is 6.42 Å². The van der Waals surface area contributed by atoms with Crippen molar-refractivity contribution in [3.05, 3.63) is 41.0 Å². The number of aromatic nitrogens is 1. The highest BCUT2D eigenvalue weighted by Gasteiger charge is 2.17. The molecule has 0 amide bonds. The number of hydrogen-bond donors (Lipinski definition) is 1. The van der Waals surface area contributed by atoms with Gasteiger partial charge < -0.3 is 10.0 Å². The van der Waals surface area contributed by atoms with Gasteiger partial charge in [0.1, 0.15) is 11.6 Å². The van der Waals surface area contributed by atoms with Crippen LogP contribution in [0.5, 0.6) is 5.75 Å². The Hall–Kier alpha value is -1.74. The average Bonchev–Trinajstić information content (AvgIpc) is 2.74. The molecule has 92 valence electrons. The summed E-state index contributed by atoms with van der Waals surface area (Å²) in [6, 6.07) is 7.40. The van der Waals surface area contributed by atoms with Gasteiger partial charge in [-0.1, -0.05) is 17.7 Å². The predicted octanol–water partition coefficient (Wildman–Crippen LogP) is 3.10. The monoisotopic (exact) mass is 260 g/mol. The van der Waals surface area contributed by atoms with Gasteiger partial charge in [0.25, 0.3) is 0 Å². The quantitative estimate of drug-likeness (QED) is 0.856. The lowest BCUT2D eigenvalue weighted by Crippen LogP contribution is -2.13. The van der Waals surface area contributed by atoms with Crippen molar-refractivity contribution < 1.29 is 5.11 Å². The first-order valence-corrected chi connectivity index (χ1v) is 6.22. The lowest BCUT2D eigenvalue weighted by atomic mass is 10.0. The Morgan fingerprint density at radius 3 is 2.89 bits per heavy atom. The van der Waals surface area contributed by atoms with E-state index in [9.17, 15) is 5.11 Å². The zero-order valence-electron chi connectivity index (χ0n) is 10.0. The molecule has 1 aliphatic heterocycles. The maximum absolute atomic E-state index is 9.64. The first-order valence-electron chi connectivity index (χ1n) is 5.84. The second-order valence-electron chi connectivity index (χ2n) is 4.54. The molecular weight excluding hydrogens is 248 g/mol. The molecule has 1 aliphatic rings. The number of pyridine rings is 1. The van der Waals surface area contributed by atoms with Crippen molar-refractivity contribution in [1.82, 2.24) is 4.98 Å². The van der Waals surface area contributed by atoms with E-state index in [1.807, 2.05) is 19.3 Å². The van der Waals surface area contributed by atoms with Crippen LogP contribution in [-0.4, -0.2) is 23.7 Å². The maximum Gasteiger partial charge on any atom is 0.134 e. The minimum Gasteiger partial charge on any atom is -0.506 e. The second-order valence-corrected chi connectivity index (χ2v) is 4.95. The van der Waals surface area contributed by atoms with Gasteiger partial charge in [0.2, 0.25) is 0 Å². The van der Waals surface area contributed by atoms with Crippen LogP contribution in [0.15, 0.2) is 30.5 Å². The van der Waals surface area contributed by atoms with E-state index in [-0.39, 0.29) is 5.75 Å². The average molecular weight is 261 g/mol. The van der Waals surface area contributed by atoms with Crippen molar-refractivity contribution in [3.63, 3.8) is 0 Å². The number of benzene rings is 1. The molecule has 3 nitrogen and oxygen atoms in total. The van der Waals surface area contributed by atoms with Gasteiger partial charge in [-0.2, -0.15) is 0 Å². The lowest BCUT2D eigenvalue weighted by Gasteiger charge is -2.11. The molecule has 0 radical (unpaired) electrons. The molecule has 0 saturated carbocycles. The third kappa shape index (κ3) is 1.81. The standard InChI is InChI=1S/C14H13ClN2O/c1-17-5-4-10-6-11(8-16-14(10)17)9-2-3-12(15)13(18)7-9/h2-3,6-8,18H,4-5H2,1H3. The van der Waals surface area contributed by atoms with E-state index < -0.39 is 0 Å². The predicted molar refractivity (Wildman–Crippen MR) is 73.3 cm³/mol. The number of fused-ring (bicyclic) bond motifs is 1. The van der Waals surface area contributed by atoms with Crippen molar-refractivity contribution in [2.75, 3.05) is 18.5 Å². The Bertz CT molecular complexity index is 613. The summed E-state index contributed by atoms with van der Waals surface area (Å²) in [5.74, 6) is 1.16. The molecule has 3 rings (SSSR count). The largest absolute Gasteiger partial charge is 0.506 e. The van der Waals surface area contributed by atoms with Crippen molar-refractivity contribution in [2.24, 2.45) is 0 Å². The van der Waals surface area contributed by atoms with E-state index in [1.165, 1.54) is 5.56 Å². The van der Waals surface area contributed by atoms with E-state index in [1.54, 1.807) is 12.1 Å². The van der Waals surface area contributed by atoms with Gasteiger partial charge in [0, 0.05) is 25.4 Å². The van der Waals surface area contributed by atoms with E-state index >= 15 is 0 Å². The van der Waals surface area contributed by atoms with Crippen LogP contribution in [0.4, 0.5) is 5.82 Å². The fourth-order valence-corrected chi connectivity index (χ4v) is 2.39. The molecular formula is C14H13ClN2O. The number of aromatic hydroxyl groups is 1. The number of rotatable bonds is 1. The Morgan fingerprint density at radius 1 is 1.28 bits per heavy atom. The van der Waals surface area contributed by atoms with E-state index in [4.69, 9.17) is 11.6 Å². The highest BCUT2D eigenvalue weighted by Crippen LogP contribution is 2.32. The highest BCUT2D eigenvalue weighted by molar-refractivity contribution is 6.32. The van der Waals surface area contributed by atoms with Crippen LogP contribution in [0.2, 0.25) is 5.02 Å². The first kappa shape index (κ1) is 11.4. The summed E-state index contributed by atoms with van der Waals surface area (Å²) in [6.45, 7) is 1.01. The van der Waals surface area contributed by atoms with Gasteiger partial charge in [-0.15, -0.1) is 0 Å². The van der Waals surface area contributed by atoms with E-state index in [0.717, 1.165) is 29.9 Å². The molecule has 0 aliphatic carbocycles. The molecule has 0 unspecified atom stereocenters. The number of phenolic OH excluding ortho intramolecular Hbond substituents is 1. The third-order valence-electron chi connectivity index (χ3n) is 3.30. The summed E-state index contributed by atoms with van der Waals surface area (Å²) in [7, 11) is 2.05. The minimum atomic E-state index is 0.104. The van der Waals surface area contributed by atoms with Crippen molar-refractivity contribution in [3.8, 4) is 16.9 Å². The molecule has 4 heteroatoms. The smallest absolute Gasteiger partial charge is 0.134 e. The van der Waals surface area contributed by atoms with Crippen LogP contribution in [0, 0.1) is 0 Å². The lowest BCUT2D eigenvalue weighted by molar-refractivity contribution is 0.476. The zero-order valence-corrected chi connectivity index (χ0v) is 10.8. The third-order valence-corrected chi connectivity index (χ3v) is 3.62. The molecule has 1 N–H and O–H groups in total. The Kier molecular flexibility index (Phi) is 2.63. The van der Waals surface area contributed by atoms with Crippen LogP contribution in [0.1, 0.15) is 5.56 Å². The molecule has 0 fully saturated rings. The van der Waals surface area contributed by atoms with Crippen molar-refractivity contribution in [1.29, 1.82) is 0 Å². The number of phenols is 1. The van der Waals surface area contributed by atoms with Gasteiger partial charge in [-0.05, 0) is 35.7 Å². The molecule has 0 saturated heterocycles. The fourth-order valence-electron chi connectivity index (χ4n) is 2.27. The molecule has 0 bridgehead atoms. The number of likely N-dealkylation sites (N-methyl/N-ethyl adjacent to an activating group) is 1. The molecule has 0 atom stereocenters. The molecule has 1 aromatic carbocycles. The molecule has 1 aromatic heterocycles. The van der Waals surface area contributed by atoms with E-state index in [2.05, 4.69) is 16.0 Å². The van der Waals surface area contributed by atoms with Gasteiger partial charge in [0.05, 0.1) is 5.02 Å². The zero-order chi connectivity index (χ0) is 12.7.